The molecule has 4 nitrogen and oxygen atoms in total. The molecule has 4 rings (SSSR count). The van der Waals surface area contributed by atoms with Gasteiger partial charge in [0.05, 0.1) is 0 Å². The van der Waals surface area contributed by atoms with Crippen molar-refractivity contribution in [3.63, 3.8) is 0 Å². The first-order chi connectivity index (χ1) is 19.5. The van der Waals surface area contributed by atoms with Gasteiger partial charge in [-0.05, 0) is 112 Å². The van der Waals surface area contributed by atoms with Crippen LogP contribution in [0.4, 0.5) is 0 Å². The summed E-state index contributed by atoms with van der Waals surface area (Å²) >= 11 is 0. The average molecular weight is 601 g/mol. The van der Waals surface area contributed by atoms with Crippen LogP contribution >= 0.6 is 0 Å². The molecule has 0 saturated heterocycles. The Hall–Kier alpha value is -0.943. The van der Waals surface area contributed by atoms with Crippen molar-refractivity contribution >= 4 is 20.1 Å². The van der Waals surface area contributed by atoms with Gasteiger partial charge in [0.15, 0.2) is 14.1 Å². The van der Waals surface area contributed by atoms with Gasteiger partial charge in [-0.2, -0.15) is 0 Å². The summed E-state index contributed by atoms with van der Waals surface area (Å²) in [6.45, 7) is 21.3. The van der Waals surface area contributed by atoms with Crippen LogP contribution in [0.5, 0.6) is 0 Å². The van der Waals surface area contributed by atoms with Crippen molar-refractivity contribution < 1.29 is 18.8 Å². The average Bonchev–Trinajstić information content (AvgIpc) is 3.14. The summed E-state index contributed by atoms with van der Waals surface area (Å²) in [5.41, 5.74) is 1.34. The van der Waals surface area contributed by atoms with Crippen molar-refractivity contribution in [3.8, 4) is 0 Å². The smallest absolute Gasteiger partial charge is 0.303 e. The van der Waals surface area contributed by atoms with Crippen molar-refractivity contribution in [3.05, 3.63) is 11.6 Å². The third kappa shape index (κ3) is 6.68. The topological polar surface area (TPSA) is 52.6 Å². The molecule has 0 aromatic carbocycles. The molecule has 4 aliphatic rings. The van der Waals surface area contributed by atoms with Gasteiger partial charge in [-0.25, -0.2) is 0 Å². The highest BCUT2D eigenvalue weighted by Gasteiger charge is 2.65. The molecular weight excluding hydrogens is 536 g/mol. The lowest BCUT2D eigenvalue weighted by molar-refractivity contribution is -0.180. The molecule has 5 heteroatoms. The van der Waals surface area contributed by atoms with Gasteiger partial charge in [0.25, 0.3) is 0 Å². The van der Waals surface area contributed by atoms with Crippen molar-refractivity contribution in [2.24, 2.45) is 34.5 Å². The number of carbonyl (C=O) groups excluding carboxylic acids is 2. The second-order valence-corrected chi connectivity index (χ2v) is 21.8. The number of hydrogen-bond acceptors (Lipinski definition) is 4. The SMILES string of the molecule is CC(=O)O[C@@]1(C)CC[C@H]2[C@@H]3[C@@H](CCCCCCCCCO[Si](C)(C)C(C)(C)C)CC4=CC(=O)CC[C@]4(C)[C@H]3CC[C@@]21C. The predicted octanol–water partition coefficient (Wildman–Crippen LogP) is 10.2. The van der Waals surface area contributed by atoms with E-state index in [4.69, 9.17) is 9.16 Å². The van der Waals surface area contributed by atoms with Crippen LogP contribution in [0, 0.1) is 34.5 Å². The van der Waals surface area contributed by atoms with Crippen LogP contribution in [-0.2, 0) is 18.8 Å². The Balaban J connectivity index is 1.32. The molecule has 4 aliphatic carbocycles. The Kier molecular flexibility index (Phi) is 10.4. The molecule has 7 atom stereocenters. The molecule has 0 radical (unpaired) electrons. The standard InChI is InChI=1S/C37H64O4Si/c1-27(38)41-37(7)23-20-32-33-28(17-15-13-11-10-12-14-16-24-40-42(8,9)34(2,3)4)25-29-26-30(39)18-21-35(29,5)31(33)19-22-36(32,37)6/h26,28,31-33H,10-25H2,1-9H3/t28-,31-,32-,33+,35-,36-,37-/m0/s1. The number of ketones is 1. The molecule has 0 aromatic heterocycles. The molecule has 42 heavy (non-hydrogen) atoms. The van der Waals surface area contributed by atoms with Gasteiger partial charge >= 0.3 is 5.97 Å². The Morgan fingerprint density at radius 3 is 2.19 bits per heavy atom. The van der Waals surface area contributed by atoms with E-state index in [1.807, 2.05) is 0 Å². The minimum absolute atomic E-state index is 0.0500. The Labute approximate surface area is 259 Å². The lowest BCUT2D eigenvalue weighted by Crippen LogP contribution is -2.57. The third-order valence-corrected chi connectivity index (χ3v) is 18.1. The maximum atomic E-state index is 12.5. The number of esters is 1. The molecule has 0 amide bonds. The van der Waals surface area contributed by atoms with Crippen LogP contribution in [-0.4, -0.2) is 32.3 Å². The van der Waals surface area contributed by atoms with E-state index in [2.05, 4.69) is 60.7 Å². The molecule has 3 fully saturated rings. The van der Waals surface area contributed by atoms with Gasteiger partial charge in [0.1, 0.15) is 5.60 Å². The fourth-order valence-electron chi connectivity index (χ4n) is 9.65. The Morgan fingerprint density at radius 1 is 0.929 bits per heavy atom. The van der Waals surface area contributed by atoms with Crippen molar-refractivity contribution in [1.82, 2.24) is 0 Å². The van der Waals surface area contributed by atoms with E-state index < -0.39 is 8.32 Å². The van der Waals surface area contributed by atoms with E-state index in [0.29, 0.717) is 40.9 Å². The lowest BCUT2D eigenvalue weighted by Gasteiger charge is -2.61. The first kappa shape index (κ1) is 33.9. The summed E-state index contributed by atoms with van der Waals surface area (Å²) in [6, 6.07) is 0. The summed E-state index contributed by atoms with van der Waals surface area (Å²) in [5, 5.41) is 0.295. The first-order valence-electron chi connectivity index (χ1n) is 17.6. The van der Waals surface area contributed by atoms with Crippen LogP contribution in [0.2, 0.25) is 18.1 Å². The number of unbranched alkanes of at least 4 members (excludes halogenated alkanes) is 6. The molecule has 240 valence electrons. The predicted molar refractivity (Wildman–Crippen MR) is 176 cm³/mol. The zero-order valence-electron chi connectivity index (χ0n) is 28.8. The monoisotopic (exact) mass is 600 g/mol. The van der Waals surface area contributed by atoms with Crippen LogP contribution in [0.15, 0.2) is 11.6 Å². The molecule has 0 heterocycles. The zero-order valence-corrected chi connectivity index (χ0v) is 29.8. The van der Waals surface area contributed by atoms with E-state index in [1.54, 1.807) is 6.92 Å². The first-order valence-corrected chi connectivity index (χ1v) is 20.5. The van der Waals surface area contributed by atoms with Gasteiger partial charge in [0, 0.05) is 25.4 Å². The van der Waals surface area contributed by atoms with Crippen LogP contribution < -0.4 is 0 Å². The highest BCUT2D eigenvalue weighted by molar-refractivity contribution is 6.74. The maximum Gasteiger partial charge on any atom is 0.303 e. The second kappa shape index (κ2) is 12.8. The Morgan fingerprint density at radius 2 is 1.55 bits per heavy atom. The number of fused-ring (bicyclic) bond motifs is 5. The number of carbonyl (C=O) groups is 2. The van der Waals surface area contributed by atoms with Gasteiger partial charge in [-0.15, -0.1) is 0 Å². The summed E-state index contributed by atoms with van der Waals surface area (Å²) in [5.74, 6) is 2.80. The van der Waals surface area contributed by atoms with Crippen LogP contribution in [0.3, 0.4) is 0 Å². The highest BCUT2D eigenvalue weighted by atomic mass is 28.4. The van der Waals surface area contributed by atoms with Crippen molar-refractivity contribution in [1.29, 1.82) is 0 Å². The number of allylic oxidation sites excluding steroid dienone is 1. The van der Waals surface area contributed by atoms with Crippen LogP contribution in [0.25, 0.3) is 0 Å². The third-order valence-electron chi connectivity index (χ3n) is 13.5. The van der Waals surface area contributed by atoms with E-state index in [9.17, 15) is 9.59 Å². The largest absolute Gasteiger partial charge is 0.459 e. The van der Waals surface area contributed by atoms with Gasteiger partial charge < -0.3 is 9.16 Å². The minimum atomic E-state index is -1.61. The van der Waals surface area contributed by atoms with E-state index in [-0.39, 0.29) is 22.4 Å². The summed E-state index contributed by atoms with van der Waals surface area (Å²) in [4.78, 5) is 24.7. The molecule has 0 spiro atoms. The number of rotatable bonds is 12. The lowest BCUT2D eigenvalue weighted by atomic mass is 9.44. The highest BCUT2D eigenvalue weighted by Crippen LogP contribution is 2.69. The van der Waals surface area contributed by atoms with Gasteiger partial charge in [-0.1, -0.05) is 78.7 Å². The minimum Gasteiger partial charge on any atom is -0.459 e. The van der Waals surface area contributed by atoms with E-state index >= 15 is 0 Å². The number of hydrogen-bond donors (Lipinski definition) is 0. The van der Waals surface area contributed by atoms with Gasteiger partial charge in [0.2, 0.25) is 0 Å². The number of ether oxygens (including phenoxy) is 1. The van der Waals surface area contributed by atoms with E-state index in [1.165, 1.54) is 69.8 Å². The molecule has 0 aliphatic heterocycles. The molecule has 3 saturated carbocycles. The fraction of sp³-hybridized carbons (Fsp3) is 0.892. The van der Waals surface area contributed by atoms with Crippen molar-refractivity contribution in [2.45, 2.75) is 169 Å². The van der Waals surface area contributed by atoms with Crippen LogP contribution in [0.1, 0.15) is 145 Å². The molecule has 0 bridgehead atoms. The summed E-state index contributed by atoms with van der Waals surface area (Å²) < 4.78 is 12.5. The maximum absolute atomic E-state index is 12.5. The summed E-state index contributed by atoms with van der Waals surface area (Å²) in [6.07, 6.45) is 19.7. The van der Waals surface area contributed by atoms with E-state index in [0.717, 1.165) is 32.3 Å². The quantitative estimate of drug-likeness (QED) is 0.127. The van der Waals surface area contributed by atoms with Gasteiger partial charge in [-0.3, -0.25) is 9.59 Å². The second-order valence-electron chi connectivity index (χ2n) is 17.0. The molecule has 0 aromatic rings. The summed E-state index contributed by atoms with van der Waals surface area (Å²) in [7, 11) is -1.61. The zero-order chi connectivity index (χ0) is 31.0. The Bertz CT molecular complexity index is 1010. The normalized spacial score (nSPS) is 36.6. The fourth-order valence-corrected chi connectivity index (χ4v) is 10.7. The molecule has 0 unspecified atom stereocenters. The van der Waals surface area contributed by atoms with Crippen molar-refractivity contribution in [2.75, 3.05) is 6.61 Å². The molecular formula is C37H64O4Si. The molecule has 0 N–H and O–H groups in total.